The Hall–Kier alpha value is -4.30. The smallest absolute Gasteiger partial charge is 0.257 e. The van der Waals surface area contributed by atoms with Crippen molar-refractivity contribution in [3.8, 4) is 34.1 Å². The second-order valence-corrected chi connectivity index (χ2v) is 9.73. The van der Waals surface area contributed by atoms with Gasteiger partial charge >= 0.3 is 0 Å². The molecule has 0 bridgehead atoms. The van der Waals surface area contributed by atoms with Crippen LogP contribution in [0.5, 0.6) is 11.5 Å². The van der Waals surface area contributed by atoms with Crippen molar-refractivity contribution in [1.29, 1.82) is 0 Å². The lowest BCUT2D eigenvalue weighted by Crippen LogP contribution is -2.15. The second kappa shape index (κ2) is 10.6. The summed E-state index contributed by atoms with van der Waals surface area (Å²) in [5, 5.41) is 7.95. The molecule has 0 saturated heterocycles. The summed E-state index contributed by atoms with van der Waals surface area (Å²) in [6.45, 7) is 4.15. The molecule has 0 aliphatic heterocycles. The molecule has 0 saturated carbocycles. The van der Waals surface area contributed by atoms with Crippen molar-refractivity contribution in [3.05, 3.63) is 106 Å². The predicted molar refractivity (Wildman–Crippen MR) is 153 cm³/mol. The molecule has 8 heteroatoms. The Labute approximate surface area is 229 Å². The number of carbonyl (C=O) groups is 1. The zero-order valence-electron chi connectivity index (χ0n) is 21.5. The van der Waals surface area contributed by atoms with Crippen LogP contribution in [0.1, 0.15) is 21.7 Å². The summed E-state index contributed by atoms with van der Waals surface area (Å²) in [5.41, 5.74) is 6.19. The van der Waals surface area contributed by atoms with Crippen molar-refractivity contribution in [2.45, 2.75) is 13.8 Å². The fourth-order valence-corrected chi connectivity index (χ4v) is 4.77. The van der Waals surface area contributed by atoms with Crippen LogP contribution in [0.2, 0.25) is 0 Å². The minimum absolute atomic E-state index is 0.300. The molecule has 0 aliphatic rings. The van der Waals surface area contributed by atoms with Gasteiger partial charge in [0.05, 0.1) is 25.6 Å². The summed E-state index contributed by atoms with van der Waals surface area (Å²) < 4.78 is 15.7. The molecule has 1 amide bonds. The van der Waals surface area contributed by atoms with Gasteiger partial charge in [0, 0.05) is 44.8 Å². The molecule has 0 radical (unpaired) electrons. The van der Waals surface area contributed by atoms with E-state index in [9.17, 15) is 4.79 Å². The number of hydrogen-bond donors (Lipinski definition) is 1. The Morgan fingerprint density at radius 1 is 0.842 bits per heavy atom. The third kappa shape index (κ3) is 4.95. The van der Waals surface area contributed by atoms with Gasteiger partial charge in [0.2, 0.25) is 0 Å². The lowest BCUT2D eigenvalue weighted by molar-refractivity contribution is 0.102. The van der Waals surface area contributed by atoms with E-state index in [0.717, 1.165) is 38.5 Å². The van der Waals surface area contributed by atoms with E-state index < -0.39 is 0 Å². The van der Waals surface area contributed by atoms with Crippen LogP contribution in [-0.2, 0) is 0 Å². The van der Waals surface area contributed by atoms with Crippen LogP contribution in [0, 0.1) is 13.8 Å². The molecule has 7 nitrogen and oxygen atoms in total. The molecule has 2 aromatic heterocycles. The summed E-state index contributed by atoms with van der Waals surface area (Å²) in [4.78, 5) is 13.3. The van der Waals surface area contributed by atoms with E-state index >= 15 is 0 Å². The number of halogens is 1. The highest BCUT2D eigenvalue weighted by Crippen LogP contribution is 2.32. The van der Waals surface area contributed by atoms with Crippen LogP contribution in [0.15, 0.2) is 89.4 Å². The molecule has 5 aromatic rings. The van der Waals surface area contributed by atoms with E-state index in [0.29, 0.717) is 22.9 Å². The third-order valence-electron chi connectivity index (χ3n) is 6.36. The van der Waals surface area contributed by atoms with Crippen molar-refractivity contribution >= 4 is 27.7 Å². The largest absolute Gasteiger partial charge is 0.497 e. The molecular weight excluding hydrogens is 544 g/mol. The molecule has 2 heterocycles. The number of nitrogens with one attached hydrogen (secondary N) is 1. The molecule has 0 spiro atoms. The molecule has 5 rings (SSSR count). The molecular formula is C30H27BrN4O3. The summed E-state index contributed by atoms with van der Waals surface area (Å²) in [5.74, 6) is 1.32. The van der Waals surface area contributed by atoms with Crippen LogP contribution >= 0.6 is 15.9 Å². The highest BCUT2D eigenvalue weighted by atomic mass is 79.9. The first-order valence-electron chi connectivity index (χ1n) is 12.0. The Kier molecular flexibility index (Phi) is 7.07. The van der Waals surface area contributed by atoms with Gasteiger partial charge in [-0.3, -0.25) is 4.79 Å². The third-order valence-corrected chi connectivity index (χ3v) is 6.89. The highest BCUT2D eigenvalue weighted by molar-refractivity contribution is 9.10. The summed E-state index contributed by atoms with van der Waals surface area (Å²) in [6, 6.07) is 27.0. The van der Waals surface area contributed by atoms with Crippen LogP contribution in [0.3, 0.4) is 0 Å². The van der Waals surface area contributed by atoms with Gasteiger partial charge in [0.25, 0.3) is 5.91 Å². The van der Waals surface area contributed by atoms with E-state index in [1.54, 1.807) is 37.1 Å². The number of rotatable bonds is 7. The number of ether oxygens (including phenoxy) is 2. The SMILES string of the molecule is COc1cc(OC)cc(C(=O)Nc2cc(-c3cc(C)n(-c4ccc(Br)cc4)c3C)nn2-c2ccccc2)c1. The molecule has 0 aliphatic carbocycles. The molecule has 38 heavy (non-hydrogen) atoms. The van der Waals surface area contributed by atoms with E-state index in [4.69, 9.17) is 14.6 Å². The number of methoxy groups -OCH3 is 2. The Balaban J connectivity index is 1.57. The zero-order valence-corrected chi connectivity index (χ0v) is 23.1. The Morgan fingerprint density at radius 3 is 2.13 bits per heavy atom. The topological polar surface area (TPSA) is 70.3 Å². The normalized spacial score (nSPS) is 10.9. The number of anilines is 1. The number of aryl methyl sites for hydroxylation is 1. The number of benzene rings is 3. The van der Waals surface area contributed by atoms with Crippen molar-refractivity contribution < 1.29 is 14.3 Å². The average Bonchev–Trinajstić information content (AvgIpc) is 3.49. The van der Waals surface area contributed by atoms with Gasteiger partial charge in [-0.2, -0.15) is 5.10 Å². The number of carbonyl (C=O) groups excluding carboxylic acids is 1. The maximum absolute atomic E-state index is 13.3. The summed E-state index contributed by atoms with van der Waals surface area (Å²) in [7, 11) is 3.11. The number of para-hydroxylation sites is 1. The van der Waals surface area contributed by atoms with Gasteiger partial charge in [-0.25, -0.2) is 4.68 Å². The second-order valence-electron chi connectivity index (χ2n) is 8.81. The molecule has 192 valence electrons. The maximum atomic E-state index is 13.3. The van der Waals surface area contributed by atoms with Gasteiger partial charge < -0.3 is 19.4 Å². The number of aromatic nitrogens is 3. The molecule has 0 fully saturated rings. The van der Waals surface area contributed by atoms with Crippen molar-refractivity contribution in [2.75, 3.05) is 19.5 Å². The maximum Gasteiger partial charge on any atom is 0.257 e. The van der Waals surface area contributed by atoms with Crippen LogP contribution < -0.4 is 14.8 Å². The quantitative estimate of drug-likeness (QED) is 0.229. The van der Waals surface area contributed by atoms with E-state index in [1.807, 2.05) is 48.5 Å². The van der Waals surface area contributed by atoms with Crippen LogP contribution in [-0.4, -0.2) is 34.5 Å². The summed E-state index contributed by atoms with van der Waals surface area (Å²) >= 11 is 3.51. The van der Waals surface area contributed by atoms with Crippen molar-refractivity contribution in [3.63, 3.8) is 0 Å². The van der Waals surface area contributed by atoms with Gasteiger partial charge in [0.15, 0.2) is 0 Å². The first-order chi connectivity index (χ1) is 18.4. The van der Waals surface area contributed by atoms with Gasteiger partial charge in [0.1, 0.15) is 17.3 Å². The predicted octanol–water partition coefficient (Wildman–Crippen LogP) is 6.98. The monoisotopic (exact) mass is 570 g/mol. The van der Waals surface area contributed by atoms with Crippen LogP contribution in [0.25, 0.3) is 22.6 Å². The number of nitrogens with zero attached hydrogens (tertiary/aromatic N) is 3. The molecule has 0 atom stereocenters. The highest BCUT2D eigenvalue weighted by Gasteiger charge is 2.20. The zero-order chi connectivity index (χ0) is 26.8. The minimum atomic E-state index is -0.300. The Morgan fingerprint density at radius 2 is 1.50 bits per heavy atom. The van der Waals surface area contributed by atoms with Gasteiger partial charge in [-0.05, 0) is 68.4 Å². The fourth-order valence-electron chi connectivity index (χ4n) is 4.50. The molecule has 1 N–H and O–H groups in total. The standard InChI is InChI=1S/C30H27BrN4O3/c1-19-14-27(20(2)34(19)23-12-10-22(31)11-13-23)28-18-29(35(33-28)24-8-6-5-7-9-24)32-30(36)21-15-25(37-3)17-26(16-21)38-4/h5-18H,1-4H3,(H,32,36). The Bertz CT molecular complexity index is 1580. The lowest BCUT2D eigenvalue weighted by Gasteiger charge is -2.11. The number of hydrogen-bond acceptors (Lipinski definition) is 4. The minimum Gasteiger partial charge on any atom is -0.497 e. The van der Waals surface area contributed by atoms with E-state index in [1.165, 1.54) is 0 Å². The van der Waals surface area contributed by atoms with E-state index in [-0.39, 0.29) is 5.91 Å². The average molecular weight is 571 g/mol. The first kappa shape index (κ1) is 25.4. The molecule has 0 unspecified atom stereocenters. The summed E-state index contributed by atoms with van der Waals surface area (Å²) in [6.07, 6.45) is 0. The fraction of sp³-hybridized carbons (Fsp3) is 0.133. The van der Waals surface area contributed by atoms with Crippen molar-refractivity contribution in [2.24, 2.45) is 0 Å². The molecule has 3 aromatic carbocycles. The van der Waals surface area contributed by atoms with Crippen LogP contribution in [0.4, 0.5) is 5.82 Å². The van der Waals surface area contributed by atoms with Crippen molar-refractivity contribution in [1.82, 2.24) is 14.3 Å². The van der Waals surface area contributed by atoms with E-state index in [2.05, 4.69) is 57.9 Å². The van der Waals surface area contributed by atoms with Gasteiger partial charge in [-0.15, -0.1) is 0 Å². The number of amides is 1. The first-order valence-corrected chi connectivity index (χ1v) is 12.8. The lowest BCUT2D eigenvalue weighted by atomic mass is 10.1. The van der Waals surface area contributed by atoms with Gasteiger partial charge in [-0.1, -0.05) is 34.1 Å².